The molecule has 7 heteroatoms. The average molecular weight is 353 g/mol. The highest BCUT2D eigenvalue weighted by Gasteiger charge is 2.55. The molecule has 1 saturated heterocycles. The van der Waals surface area contributed by atoms with Crippen LogP contribution in [0.4, 0.5) is 0 Å². The van der Waals surface area contributed by atoms with E-state index in [-0.39, 0.29) is 17.2 Å². The maximum atomic E-state index is 12.4. The van der Waals surface area contributed by atoms with E-state index in [0.29, 0.717) is 32.4 Å². The van der Waals surface area contributed by atoms with E-state index in [0.717, 1.165) is 11.8 Å². The lowest BCUT2D eigenvalue weighted by Gasteiger charge is -2.55. The van der Waals surface area contributed by atoms with Crippen molar-refractivity contribution in [1.82, 2.24) is 4.90 Å². The van der Waals surface area contributed by atoms with Crippen molar-refractivity contribution in [3.63, 3.8) is 0 Å². The van der Waals surface area contributed by atoms with E-state index >= 15 is 0 Å². The van der Waals surface area contributed by atoms with Crippen molar-refractivity contribution in [2.45, 2.75) is 42.8 Å². The fourth-order valence-corrected chi connectivity index (χ4v) is 4.35. The van der Waals surface area contributed by atoms with Gasteiger partial charge in [-0.1, -0.05) is 12.1 Å². The SMILES string of the molecule is CS(=O)(=O)c1ccc(CC(=O)N2CCC3(CC2)[C@H](O)C[C@@H]3O)cc1. The smallest absolute Gasteiger partial charge is 0.226 e. The van der Waals surface area contributed by atoms with Crippen LogP contribution in [-0.2, 0) is 21.1 Å². The molecule has 132 valence electrons. The first kappa shape index (κ1) is 17.4. The number of hydrogen-bond acceptors (Lipinski definition) is 5. The van der Waals surface area contributed by atoms with Crippen LogP contribution in [0.2, 0.25) is 0 Å². The first-order chi connectivity index (χ1) is 11.2. The molecule has 1 spiro atoms. The molecule has 0 bridgehead atoms. The van der Waals surface area contributed by atoms with Crippen molar-refractivity contribution in [3.8, 4) is 0 Å². The molecule has 24 heavy (non-hydrogen) atoms. The summed E-state index contributed by atoms with van der Waals surface area (Å²) >= 11 is 0. The molecule has 2 aliphatic rings. The zero-order valence-electron chi connectivity index (χ0n) is 13.7. The third kappa shape index (κ3) is 3.08. The zero-order chi connectivity index (χ0) is 17.5. The van der Waals surface area contributed by atoms with Crippen LogP contribution < -0.4 is 0 Å². The Morgan fingerprint density at radius 3 is 2.17 bits per heavy atom. The van der Waals surface area contributed by atoms with Crippen molar-refractivity contribution in [1.29, 1.82) is 0 Å². The minimum atomic E-state index is -3.23. The van der Waals surface area contributed by atoms with E-state index in [9.17, 15) is 23.4 Å². The Morgan fingerprint density at radius 1 is 1.17 bits per heavy atom. The lowest BCUT2D eigenvalue weighted by Crippen LogP contribution is -2.61. The molecule has 1 amide bonds. The molecule has 1 saturated carbocycles. The quantitative estimate of drug-likeness (QED) is 0.818. The largest absolute Gasteiger partial charge is 0.392 e. The van der Waals surface area contributed by atoms with Crippen LogP contribution in [0.15, 0.2) is 29.2 Å². The number of benzene rings is 1. The van der Waals surface area contributed by atoms with Crippen molar-refractivity contribution < 1.29 is 23.4 Å². The standard InChI is InChI=1S/C17H23NO5S/c1-24(22,23)13-4-2-12(3-5-13)10-16(21)18-8-6-17(7-9-18)14(19)11-15(17)20/h2-5,14-15,19-20H,6-11H2,1H3/t14-,15+. The van der Waals surface area contributed by atoms with Gasteiger partial charge < -0.3 is 15.1 Å². The number of piperidine rings is 1. The summed E-state index contributed by atoms with van der Waals surface area (Å²) in [6.45, 7) is 1.07. The van der Waals surface area contributed by atoms with Crippen LogP contribution >= 0.6 is 0 Å². The van der Waals surface area contributed by atoms with Gasteiger partial charge in [0.2, 0.25) is 5.91 Å². The fraction of sp³-hybridized carbons (Fsp3) is 0.588. The van der Waals surface area contributed by atoms with Crippen molar-refractivity contribution in [2.75, 3.05) is 19.3 Å². The highest BCUT2D eigenvalue weighted by Crippen LogP contribution is 2.49. The normalized spacial score (nSPS) is 26.2. The molecule has 6 nitrogen and oxygen atoms in total. The Balaban J connectivity index is 1.58. The number of aliphatic hydroxyl groups excluding tert-OH is 2. The fourth-order valence-electron chi connectivity index (χ4n) is 3.72. The topological polar surface area (TPSA) is 94.9 Å². The van der Waals surface area contributed by atoms with Crippen LogP contribution in [-0.4, -0.2) is 61.0 Å². The van der Waals surface area contributed by atoms with E-state index in [1.54, 1.807) is 17.0 Å². The number of likely N-dealkylation sites (tertiary alicyclic amines) is 1. The van der Waals surface area contributed by atoms with E-state index in [2.05, 4.69) is 0 Å². The maximum absolute atomic E-state index is 12.4. The number of carbonyl (C=O) groups excluding carboxylic acids is 1. The highest BCUT2D eigenvalue weighted by molar-refractivity contribution is 7.90. The molecular weight excluding hydrogens is 330 g/mol. The monoisotopic (exact) mass is 353 g/mol. The maximum Gasteiger partial charge on any atom is 0.226 e. The average Bonchev–Trinajstić information content (AvgIpc) is 2.55. The molecule has 1 aliphatic heterocycles. The Kier molecular flexibility index (Phi) is 4.44. The van der Waals surface area contributed by atoms with Gasteiger partial charge in [0.15, 0.2) is 9.84 Å². The van der Waals surface area contributed by atoms with Gasteiger partial charge in [0, 0.05) is 31.2 Å². The van der Waals surface area contributed by atoms with E-state index in [1.165, 1.54) is 12.1 Å². The minimum Gasteiger partial charge on any atom is -0.392 e. The van der Waals surface area contributed by atoms with E-state index in [4.69, 9.17) is 0 Å². The molecular formula is C17H23NO5S. The summed E-state index contributed by atoms with van der Waals surface area (Å²) in [6, 6.07) is 6.37. The van der Waals surface area contributed by atoms with Gasteiger partial charge >= 0.3 is 0 Å². The van der Waals surface area contributed by atoms with Crippen molar-refractivity contribution in [2.24, 2.45) is 5.41 Å². The molecule has 1 heterocycles. The Hall–Kier alpha value is -1.44. The highest BCUT2D eigenvalue weighted by atomic mass is 32.2. The summed E-state index contributed by atoms with van der Waals surface area (Å²) in [4.78, 5) is 14.4. The van der Waals surface area contributed by atoms with Gasteiger partial charge in [-0.05, 0) is 30.5 Å². The van der Waals surface area contributed by atoms with Gasteiger partial charge in [0.25, 0.3) is 0 Å². The van der Waals surface area contributed by atoms with Crippen molar-refractivity contribution >= 4 is 15.7 Å². The number of nitrogens with zero attached hydrogens (tertiary/aromatic N) is 1. The summed E-state index contributed by atoms with van der Waals surface area (Å²) in [5, 5.41) is 19.9. The molecule has 2 N–H and O–H groups in total. The zero-order valence-corrected chi connectivity index (χ0v) is 14.5. The molecule has 1 aromatic rings. The summed E-state index contributed by atoms with van der Waals surface area (Å²) in [7, 11) is -3.23. The van der Waals surface area contributed by atoms with Crippen LogP contribution in [0.5, 0.6) is 0 Å². The predicted molar refractivity (Wildman–Crippen MR) is 88.1 cm³/mol. The summed E-state index contributed by atoms with van der Waals surface area (Å²) < 4.78 is 22.9. The molecule has 0 unspecified atom stereocenters. The minimum absolute atomic E-state index is 0.0136. The molecule has 2 fully saturated rings. The number of aliphatic hydroxyl groups is 2. The molecule has 0 aromatic heterocycles. The number of hydrogen-bond donors (Lipinski definition) is 2. The number of sulfone groups is 1. The third-order valence-electron chi connectivity index (χ3n) is 5.53. The van der Waals surface area contributed by atoms with Crippen LogP contribution in [0.1, 0.15) is 24.8 Å². The van der Waals surface area contributed by atoms with Gasteiger partial charge in [-0.3, -0.25) is 4.79 Å². The second-order valence-corrected chi connectivity index (χ2v) is 8.99. The summed E-state index contributed by atoms with van der Waals surface area (Å²) in [5.74, 6) is -0.0136. The van der Waals surface area contributed by atoms with Crippen LogP contribution in [0.3, 0.4) is 0 Å². The first-order valence-electron chi connectivity index (χ1n) is 8.15. The van der Waals surface area contributed by atoms with Gasteiger partial charge in [-0.15, -0.1) is 0 Å². The van der Waals surface area contributed by atoms with Gasteiger partial charge in [0.05, 0.1) is 23.5 Å². The third-order valence-corrected chi connectivity index (χ3v) is 6.66. The lowest BCUT2D eigenvalue weighted by molar-refractivity contribution is -0.191. The second-order valence-electron chi connectivity index (χ2n) is 6.97. The van der Waals surface area contributed by atoms with E-state index in [1.807, 2.05) is 0 Å². The van der Waals surface area contributed by atoms with E-state index < -0.39 is 27.5 Å². The molecule has 3 rings (SSSR count). The van der Waals surface area contributed by atoms with Crippen LogP contribution in [0.25, 0.3) is 0 Å². The Bertz CT molecular complexity index is 710. The number of amides is 1. The number of rotatable bonds is 3. The molecule has 1 aliphatic carbocycles. The number of carbonyl (C=O) groups is 1. The Morgan fingerprint density at radius 2 is 1.71 bits per heavy atom. The predicted octanol–water partition coefficient (Wildman–Crippen LogP) is 0.367. The van der Waals surface area contributed by atoms with Crippen LogP contribution in [0, 0.1) is 5.41 Å². The first-order valence-corrected chi connectivity index (χ1v) is 10.0. The lowest BCUT2D eigenvalue weighted by atomic mass is 9.58. The van der Waals surface area contributed by atoms with Crippen molar-refractivity contribution in [3.05, 3.63) is 29.8 Å². The molecule has 1 aromatic carbocycles. The summed E-state index contributed by atoms with van der Waals surface area (Å²) in [5.41, 5.74) is 0.352. The second kappa shape index (κ2) is 6.13. The molecule has 0 radical (unpaired) electrons. The van der Waals surface area contributed by atoms with Gasteiger partial charge in [0.1, 0.15) is 0 Å². The molecule has 2 atom stereocenters. The van der Waals surface area contributed by atoms with Gasteiger partial charge in [-0.25, -0.2) is 8.42 Å². The Labute approximate surface area is 142 Å². The summed E-state index contributed by atoms with van der Waals surface area (Å²) in [6.07, 6.45) is 2.12. The van der Waals surface area contributed by atoms with Gasteiger partial charge in [-0.2, -0.15) is 0 Å².